The first-order valence-electron chi connectivity index (χ1n) is 9.21. The summed E-state index contributed by atoms with van der Waals surface area (Å²) in [6.45, 7) is 6.35. The molecule has 0 unspecified atom stereocenters. The average Bonchev–Trinajstić information content (AvgIpc) is 3.35. The number of benzene rings is 1. The van der Waals surface area contributed by atoms with Gasteiger partial charge in [-0.15, -0.1) is 35.3 Å². The minimum Gasteiger partial charge on any atom is -0.357 e. The number of nitrogens with one attached hydrogen (secondary N) is 1. The van der Waals surface area contributed by atoms with E-state index in [2.05, 4.69) is 45.7 Å². The van der Waals surface area contributed by atoms with Crippen LogP contribution < -0.4 is 5.32 Å². The van der Waals surface area contributed by atoms with Crippen LogP contribution in [0.1, 0.15) is 30.1 Å². The number of aryl methyl sites for hydroxylation is 1. The molecule has 2 heterocycles. The number of aromatic nitrogens is 3. The Morgan fingerprint density at radius 1 is 1.25 bits per heavy atom. The van der Waals surface area contributed by atoms with E-state index in [9.17, 15) is 0 Å². The molecule has 6 nitrogen and oxygen atoms in total. The number of thiazole rings is 1. The maximum atomic E-state index is 4.74. The third-order valence-electron chi connectivity index (χ3n) is 4.07. The van der Waals surface area contributed by atoms with Gasteiger partial charge >= 0.3 is 0 Å². The average molecular weight is 510 g/mol. The molecule has 0 saturated carbocycles. The summed E-state index contributed by atoms with van der Waals surface area (Å²) < 4.78 is 1.90. The summed E-state index contributed by atoms with van der Waals surface area (Å²) in [5, 5.41) is 11.1. The maximum Gasteiger partial charge on any atom is 0.194 e. The minimum atomic E-state index is 0. The topological polar surface area (TPSA) is 58.3 Å². The Hall–Kier alpha value is -1.94. The van der Waals surface area contributed by atoms with Gasteiger partial charge in [-0.1, -0.05) is 25.1 Å². The Morgan fingerprint density at radius 3 is 2.71 bits per heavy atom. The van der Waals surface area contributed by atoms with E-state index in [0.29, 0.717) is 6.54 Å². The van der Waals surface area contributed by atoms with Crippen LogP contribution in [0.25, 0.3) is 5.69 Å². The summed E-state index contributed by atoms with van der Waals surface area (Å²) in [4.78, 5) is 11.4. The van der Waals surface area contributed by atoms with Crippen LogP contribution >= 0.6 is 35.3 Å². The molecule has 0 aliphatic rings. The number of guanidine groups is 1. The molecular weight excluding hydrogens is 483 g/mol. The number of hydrogen-bond donors (Lipinski definition) is 1. The van der Waals surface area contributed by atoms with Gasteiger partial charge in [-0.2, -0.15) is 5.10 Å². The fourth-order valence-electron chi connectivity index (χ4n) is 2.72. The summed E-state index contributed by atoms with van der Waals surface area (Å²) in [5.74, 6) is 0.871. The molecule has 0 saturated heterocycles. The van der Waals surface area contributed by atoms with Crippen LogP contribution in [0.15, 0.2) is 53.1 Å². The molecule has 1 N–H and O–H groups in total. The fraction of sp³-hybridized carbons (Fsp3) is 0.350. The SMILES string of the molecule is CCNC(=NCc1csc(CC)n1)N(C)Cc1cnn(-c2ccccc2)c1.I. The van der Waals surface area contributed by atoms with Gasteiger partial charge < -0.3 is 10.2 Å². The molecule has 0 aliphatic heterocycles. The van der Waals surface area contributed by atoms with Gasteiger partial charge in [0.1, 0.15) is 0 Å². The minimum absolute atomic E-state index is 0. The van der Waals surface area contributed by atoms with E-state index in [0.717, 1.165) is 47.4 Å². The number of hydrogen-bond acceptors (Lipinski definition) is 4. The van der Waals surface area contributed by atoms with Crippen LogP contribution in [0.5, 0.6) is 0 Å². The fourth-order valence-corrected chi connectivity index (χ4v) is 3.46. The Kier molecular flexibility index (Phi) is 8.91. The first-order valence-corrected chi connectivity index (χ1v) is 10.1. The summed E-state index contributed by atoms with van der Waals surface area (Å²) in [5.41, 5.74) is 3.22. The lowest BCUT2D eigenvalue weighted by Gasteiger charge is -2.21. The quantitative estimate of drug-likeness (QED) is 0.296. The molecule has 28 heavy (non-hydrogen) atoms. The molecule has 8 heteroatoms. The van der Waals surface area contributed by atoms with Crippen LogP contribution in [0.4, 0.5) is 0 Å². The van der Waals surface area contributed by atoms with Crippen LogP contribution in [-0.2, 0) is 19.5 Å². The van der Waals surface area contributed by atoms with Gasteiger partial charge in [0.05, 0.1) is 29.1 Å². The zero-order chi connectivity index (χ0) is 19.1. The second-order valence-electron chi connectivity index (χ2n) is 6.24. The Morgan fingerprint density at radius 2 is 2.04 bits per heavy atom. The first kappa shape index (κ1) is 22.4. The number of para-hydroxylation sites is 1. The van der Waals surface area contributed by atoms with Crippen molar-refractivity contribution in [1.29, 1.82) is 0 Å². The second kappa shape index (κ2) is 11.2. The summed E-state index contributed by atoms with van der Waals surface area (Å²) >= 11 is 1.70. The molecule has 0 fully saturated rings. The summed E-state index contributed by atoms with van der Waals surface area (Å²) in [7, 11) is 2.04. The van der Waals surface area contributed by atoms with Crippen molar-refractivity contribution < 1.29 is 0 Å². The van der Waals surface area contributed by atoms with Gasteiger partial charge in [0.2, 0.25) is 0 Å². The van der Waals surface area contributed by atoms with Crippen molar-refractivity contribution >= 4 is 41.3 Å². The highest BCUT2D eigenvalue weighted by molar-refractivity contribution is 14.0. The monoisotopic (exact) mass is 510 g/mol. The normalized spacial score (nSPS) is 11.2. The van der Waals surface area contributed by atoms with E-state index in [1.54, 1.807) is 11.3 Å². The number of halogens is 1. The molecule has 150 valence electrons. The first-order chi connectivity index (χ1) is 13.2. The largest absolute Gasteiger partial charge is 0.357 e. The lowest BCUT2D eigenvalue weighted by atomic mass is 10.3. The molecule has 0 amide bonds. The zero-order valence-electron chi connectivity index (χ0n) is 16.5. The van der Waals surface area contributed by atoms with E-state index in [4.69, 9.17) is 4.99 Å². The standard InChI is InChI=1S/C20H26N6S.HI/c1-4-19-24-17(15-27-19)12-22-20(21-5-2)25(3)13-16-11-23-26(14-16)18-9-7-6-8-10-18;/h6-11,14-15H,4-5,12-13H2,1-3H3,(H,21,22);1H. The molecule has 1 aromatic carbocycles. The molecule has 0 atom stereocenters. The van der Waals surface area contributed by atoms with Crippen molar-refractivity contribution in [3.63, 3.8) is 0 Å². The third-order valence-corrected chi connectivity index (χ3v) is 5.11. The van der Waals surface area contributed by atoms with Crippen molar-refractivity contribution in [3.05, 3.63) is 64.4 Å². The maximum absolute atomic E-state index is 4.74. The second-order valence-corrected chi connectivity index (χ2v) is 7.18. The Labute approximate surface area is 187 Å². The molecule has 0 bridgehead atoms. The smallest absolute Gasteiger partial charge is 0.194 e. The van der Waals surface area contributed by atoms with E-state index in [-0.39, 0.29) is 24.0 Å². The lowest BCUT2D eigenvalue weighted by molar-refractivity contribution is 0.476. The Bertz CT molecular complexity index is 874. The highest BCUT2D eigenvalue weighted by atomic mass is 127. The highest BCUT2D eigenvalue weighted by Crippen LogP contribution is 2.12. The lowest BCUT2D eigenvalue weighted by Crippen LogP contribution is -2.38. The van der Waals surface area contributed by atoms with Crippen molar-refractivity contribution in [2.75, 3.05) is 13.6 Å². The van der Waals surface area contributed by atoms with Crippen molar-refractivity contribution in [1.82, 2.24) is 25.0 Å². The van der Waals surface area contributed by atoms with Gasteiger partial charge in [-0.25, -0.2) is 14.7 Å². The van der Waals surface area contributed by atoms with Crippen molar-refractivity contribution in [2.45, 2.75) is 33.4 Å². The number of aliphatic imine (C=N–C) groups is 1. The van der Waals surface area contributed by atoms with Crippen LogP contribution in [0, 0.1) is 0 Å². The third kappa shape index (κ3) is 6.03. The van der Waals surface area contributed by atoms with Gasteiger partial charge in [-0.3, -0.25) is 0 Å². The van der Waals surface area contributed by atoms with E-state index < -0.39 is 0 Å². The van der Waals surface area contributed by atoms with Gasteiger partial charge in [0.15, 0.2) is 5.96 Å². The van der Waals surface area contributed by atoms with Gasteiger partial charge in [-0.05, 0) is 25.5 Å². The van der Waals surface area contributed by atoms with Crippen LogP contribution in [0.3, 0.4) is 0 Å². The molecular formula is C20H27IN6S. The van der Waals surface area contributed by atoms with Crippen molar-refractivity contribution in [2.24, 2.45) is 4.99 Å². The predicted octanol–water partition coefficient (Wildman–Crippen LogP) is 4.11. The number of rotatable bonds is 7. The molecule has 0 spiro atoms. The molecule has 0 aliphatic carbocycles. The predicted molar refractivity (Wildman–Crippen MR) is 127 cm³/mol. The number of nitrogens with zero attached hydrogens (tertiary/aromatic N) is 5. The van der Waals surface area contributed by atoms with Crippen molar-refractivity contribution in [3.8, 4) is 5.69 Å². The van der Waals surface area contributed by atoms with Gasteiger partial charge in [0.25, 0.3) is 0 Å². The van der Waals surface area contributed by atoms with Gasteiger partial charge in [0, 0.05) is 37.3 Å². The molecule has 3 rings (SSSR count). The van der Waals surface area contributed by atoms with E-state index in [1.165, 1.54) is 0 Å². The molecule has 2 aromatic heterocycles. The highest BCUT2D eigenvalue weighted by Gasteiger charge is 2.09. The van der Waals surface area contributed by atoms with Crippen LogP contribution in [-0.4, -0.2) is 39.2 Å². The Balaban J connectivity index is 0.00000280. The summed E-state index contributed by atoms with van der Waals surface area (Å²) in [6, 6.07) is 10.1. The molecule has 0 radical (unpaired) electrons. The zero-order valence-corrected chi connectivity index (χ0v) is 19.6. The molecule has 3 aromatic rings. The van der Waals surface area contributed by atoms with E-state index in [1.807, 2.05) is 48.3 Å². The summed E-state index contributed by atoms with van der Waals surface area (Å²) in [6.07, 6.45) is 4.93. The van der Waals surface area contributed by atoms with E-state index >= 15 is 0 Å². The van der Waals surface area contributed by atoms with Crippen LogP contribution in [0.2, 0.25) is 0 Å².